The van der Waals surface area contributed by atoms with E-state index in [1.807, 2.05) is 0 Å². The van der Waals surface area contributed by atoms with E-state index in [2.05, 4.69) is 10.3 Å². The minimum atomic E-state index is -1.11. The SMILES string of the molecule is O=C([O-])CCCNC(=O)c1cccnc1.[K+]. The van der Waals surface area contributed by atoms with Gasteiger partial charge in [-0.25, -0.2) is 0 Å². The number of aliphatic carboxylic acids is 1. The zero-order valence-electron chi connectivity index (χ0n) is 9.10. The van der Waals surface area contributed by atoms with Gasteiger partial charge in [0.15, 0.2) is 0 Å². The van der Waals surface area contributed by atoms with Crippen molar-refractivity contribution in [3.05, 3.63) is 30.1 Å². The molecule has 0 saturated heterocycles. The van der Waals surface area contributed by atoms with Gasteiger partial charge in [-0.2, -0.15) is 0 Å². The number of carboxylic acid groups (broad SMARTS) is 1. The van der Waals surface area contributed by atoms with E-state index in [0.29, 0.717) is 18.5 Å². The fraction of sp³-hybridized carbons (Fsp3) is 0.300. The largest absolute Gasteiger partial charge is 1.00 e. The molecule has 1 heterocycles. The number of carbonyl (C=O) groups is 2. The Morgan fingerprint density at radius 3 is 2.75 bits per heavy atom. The Morgan fingerprint density at radius 1 is 1.44 bits per heavy atom. The van der Waals surface area contributed by atoms with Crippen LogP contribution >= 0.6 is 0 Å². The molecule has 80 valence electrons. The average molecular weight is 246 g/mol. The van der Waals surface area contributed by atoms with Gasteiger partial charge in [0.2, 0.25) is 0 Å². The van der Waals surface area contributed by atoms with Crippen LogP contribution in [0.15, 0.2) is 24.5 Å². The van der Waals surface area contributed by atoms with Crippen LogP contribution in [0.1, 0.15) is 23.2 Å². The Labute approximate surface area is 136 Å². The summed E-state index contributed by atoms with van der Waals surface area (Å²) in [4.78, 5) is 25.3. The van der Waals surface area contributed by atoms with E-state index in [1.165, 1.54) is 6.20 Å². The monoisotopic (exact) mass is 246 g/mol. The van der Waals surface area contributed by atoms with Crippen molar-refractivity contribution in [2.24, 2.45) is 0 Å². The molecule has 0 spiro atoms. The third-order valence-corrected chi connectivity index (χ3v) is 1.77. The molecule has 1 aromatic heterocycles. The van der Waals surface area contributed by atoms with Gasteiger partial charge in [0.05, 0.1) is 5.56 Å². The molecule has 0 aliphatic heterocycles. The topological polar surface area (TPSA) is 82.1 Å². The van der Waals surface area contributed by atoms with Crippen LogP contribution in [0, 0.1) is 0 Å². The van der Waals surface area contributed by atoms with Crippen molar-refractivity contribution in [3.63, 3.8) is 0 Å². The molecule has 1 N–H and O–H groups in total. The number of nitrogens with zero attached hydrogens (tertiary/aromatic N) is 1. The molecule has 5 nitrogen and oxygen atoms in total. The Hall–Kier alpha value is -0.274. The number of carboxylic acids is 1. The van der Waals surface area contributed by atoms with Crippen LogP contribution in [0.25, 0.3) is 0 Å². The predicted molar refractivity (Wildman–Crippen MR) is 50.8 cm³/mol. The summed E-state index contributed by atoms with van der Waals surface area (Å²) >= 11 is 0. The Morgan fingerprint density at radius 2 is 2.19 bits per heavy atom. The maximum absolute atomic E-state index is 11.4. The van der Waals surface area contributed by atoms with E-state index in [1.54, 1.807) is 18.3 Å². The smallest absolute Gasteiger partial charge is 0.550 e. The number of pyridine rings is 1. The summed E-state index contributed by atoms with van der Waals surface area (Å²) in [5.41, 5.74) is 0.464. The molecule has 0 atom stereocenters. The first-order chi connectivity index (χ1) is 7.20. The van der Waals surface area contributed by atoms with Gasteiger partial charge in [-0.3, -0.25) is 9.78 Å². The molecule has 0 bridgehead atoms. The van der Waals surface area contributed by atoms with Crippen LogP contribution in [0.4, 0.5) is 0 Å². The summed E-state index contributed by atoms with van der Waals surface area (Å²) in [5.74, 6) is -1.35. The third kappa shape index (κ3) is 6.34. The Bertz CT molecular complexity index is 343. The number of hydrogen-bond donors (Lipinski definition) is 1. The quantitative estimate of drug-likeness (QED) is 0.429. The molecule has 16 heavy (non-hydrogen) atoms. The van der Waals surface area contributed by atoms with E-state index < -0.39 is 5.97 Å². The standard InChI is InChI=1S/C10H12N2O3.K/c13-9(14)4-2-6-12-10(15)8-3-1-5-11-7-8;/h1,3,5,7H,2,4,6H2,(H,12,15)(H,13,14);/q;+1/p-1. The molecule has 0 aromatic carbocycles. The van der Waals surface area contributed by atoms with Gasteiger partial charge in [0.25, 0.3) is 5.91 Å². The van der Waals surface area contributed by atoms with E-state index in [4.69, 9.17) is 0 Å². The van der Waals surface area contributed by atoms with Crippen LogP contribution < -0.4 is 61.8 Å². The summed E-state index contributed by atoms with van der Waals surface area (Å²) in [7, 11) is 0. The average Bonchev–Trinajstić information content (AvgIpc) is 2.25. The summed E-state index contributed by atoms with van der Waals surface area (Å²) < 4.78 is 0. The van der Waals surface area contributed by atoms with Crippen LogP contribution in [0.2, 0.25) is 0 Å². The number of rotatable bonds is 5. The number of amides is 1. The van der Waals surface area contributed by atoms with Gasteiger partial charge in [-0.05, 0) is 25.0 Å². The molecule has 0 aliphatic carbocycles. The van der Waals surface area contributed by atoms with Crippen molar-refractivity contribution >= 4 is 11.9 Å². The van der Waals surface area contributed by atoms with Crippen molar-refractivity contribution in [2.75, 3.05) is 6.54 Å². The third-order valence-electron chi connectivity index (χ3n) is 1.77. The normalized spacial score (nSPS) is 9.00. The van der Waals surface area contributed by atoms with Gasteiger partial charge >= 0.3 is 51.4 Å². The molecular formula is C10H11KN2O3. The van der Waals surface area contributed by atoms with Crippen molar-refractivity contribution < 1.29 is 66.1 Å². The second kappa shape index (κ2) is 8.83. The van der Waals surface area contributed by atoms with Crippen molar-refractivity contribution in [3.8, 4) is 0 Å². The summed E-state index contributed by atoms with van der Waals surface area (Å²) in [6, 6.07) is 3.30. The van der Waals surface area contributed by atoms with E-state index in [9.17, 15) is 14.7 Å². The molecule has 6 heteroatoms. The van der Waals surface area contributed by atoms with Crippen molar-refractivity contribution in [1.29, 1.82) is 0 Å². The fourth-order valence-electron chi connectivity index (χ4n) is 1.03. The maximum atomic E-state index is 11.4. The minimum Gasteiger partial charge on any atom is -0.550 e. The summed E-state index contributed by atoms with van der Waals surface area (Å²) in [6.45, 7) is 0.321. The Kier molecular flexibility index (Phi) is 8.68. The fourth-order valence-corrected chi connectivity index (χ4v) is 1.03. The van der Waals surface area contributed by atoms with Crippen molar-refractivity contribution in [2.45, 2.75) is 12.8 Å². The summed E-state index contributed by atoms with van der Waals surface area (Å²) in [6.07, 6.45) is 3.35. The number of hydrogen-bond acceptors (Lipinski definition) is 4. The molecule has 1 aromatic rings. The molecule has 1 amide bonds. The maximum Gasteiger partial charge on any atom is 1.00 e. The van der Waals surface area contributed by atoms with E-state index in [-0.39, 0.29) is 63.7 Å². The number of aromatic nitrogens is 1. The molecular weight excluding hydrogens is 235 g/mol. The van der Waals surface area contributed by atoms with Gasteiger partial charge in [-0.15, -0.1) is 0 Å². The molecule has 0 aliphatic rings. The van der Waals surface area contributed by atoms with Crippen LogP contribution in [-0.4, -0.2) is 23.4 Å². The molecule has 0 saturated carbocycles. The van der Waals surface area contributed by atoms with Crippen LogP contribution in [-0.2, 0) is 4.79 Å². The minimum absolute atomic E-state index is 0. The van der Waals surface area contributed by atoms with Gasteiger partial charge in [0, 0.05) is 24.9 Å². The molecule has 0 fully saturated rings. The summed E-state index contributed by atoms with van der Waals surface area (Å²) in [5, 5.41) is 12.7. The second-order valence-electron chi connectivity index (χ2n) is 2.97. The Balaban J connectivity index is 0.00000225. The number of nitrogens with one attached hydrogen (secondary N) is 1. The predicted octanol–water partition coefficient (Wildman–Crippen LogP) is -3.65. The van der Waals surface area contributed by atoms with Crippen LogP contribution in [0.5, 0.6) is 0 Å². The van der Waals surface area contributed by atoms with Gasteiger partial charge in [0.1, 0.15) is 0 Å². The second-order valence-corrected chi connectivity index (χ2v) is 2.97. The first kappa shape index (κ1) is 15.7. The molecule has 0 unspecified atom stereocenters. The first-order valence-electron chi connectivity index (χ1n) is 4.58. The number of carbonyl (C=O) groups excluding carboxylic acids is 2. The zero-order valence-corrected chi connectivity index (χ0v) is 12.2. The van der Waals surface area contributed by atoms with Gasteiger partial charge in [-0.1, -0.05) is 0 Å². The van der Waals surface area contributed by atoms with E-state index in [0.717, 1.165) is 0 Å². The molecule has 0 radical (unpaired) electrons. The molecule has 1 rings (SSSR count). The zero-order chi connectivity index (χ0) is 11.1. The van der Waals surface area contributed by atoms with E-state index >= 15 is 0 Å². The van der Waals surface area contributed by atoms with Gasteiger partial charge < -0.3 is 15.2 Å². The van der Waals surface area contributed by atoms with Crippen LogP contribution in [0.3, 0.4) is 0 Å². The first-order valence-corrected chi connectivity index (χ1v) is 4.58. The van der Waals surface area contributed by atoms with Crippen molar-refractivity contribution in [1.82, 2.24) is 10.3 Å².